The van der Waals surface area contributed by atoms with Crippen LogP contribution in [0.2, 0.25) is 0 Å². The summed E-state index contributed by atoms with van der Waals surface area (Å²) < 4.78 is 0. The van der Waals surface area contributed by atoms with E-state index in [9.17, 15) is 4.79 Å². The zero-order valence-electron chi connectivity index (χ0n) is 13.5. The average molecular weight is 337 g/mol. The van der Waals surface area contributed by atoms with Crippen LogP contribution in [0, 0.1) is 0 Å². The predicted molar refractivity (Wildman–Crippen MR) is 93.4 cm³/mol. The Kier molecular flexibility index (Phi) is 5.07. The van der Waals surface area contributed by atoms with Crippen LogP contribution in [0.3, 0.4) is 0 Å². The zero-order valence-corrected chi connectivity index (χ0v) is 14.3. The van der Waals surface area contributed by atoms with Gasteiger partial charge in [0.05, 0.1) is 5.56 Å². The molecule has 3 heterocycles. The SMILES string of the molecule is Cl.O=C(c1ccc(N2CCN(C3CC3)CC2)nc1)N1CCCC1. The lowest BCUT2D eigenvalue weighted by atomic mass is 10.2. The molecule has 1 aliphatic carbocycles. The molecule has 0 radical (unpaired) electrons. The van der Waals surface area contributed by atoms with E-state index in [2.05, 4.69) is 14.8 Å². The van der Waals surface area contributed by atoms with Crippen LogP contribution in [0.15, 0.2) is 18.3 Å². The van der Waals surface area contributed by atoms with Crippen LogP contribution in [0.5, 0.6) is 0 Å². The number of piperazine rings is 1. The molecule has 2 aliphatic heterocycles. The number of carbonyl (C=O) groups excluding carboxylic acids is 1. The number of nitrogens with zero attached hydrogens (tertiary/aromatic N) is 4. The molecule has 3 aliphatic rings. The van der Waals surface area contributed by atoms with E-state index >= 15 is 0 Å². The Bertz CT molecular complexity index is 532. The van der Waals surface area contributed by atoms with E-state index < -0.39 is 0 Å². The minimum absolute atomic E-state index is 0. The summed E-state index contributed by atoms with van der Waals surface area (Å²) >= 11 is 0. The number of hydrogen-bond acceptors (Lipinski definition) is 4. The third kappa shape index (κ3) is 3.61. The van der Waals surface area contributed by atoms with Gasteiger partial charge in [0.15, 0.2) is 0 Å². The molecule has 0 bridgehead atoms. The molecule has 1 aromatic heterocycles. The zero-order chi connectivity index (χ0) is 14.9. The van der Waals surface area contributed by atoms with Crippen molar-refractivity contribution in [2.24, 2.45) is 0 Å². The second-order valence-corrected chi connectivity index (χ2v) is 6.66. The highest BCUT2D eigenvalue weighted by Crippen LogP contribution is 2.28. The van der Waals surface area contributed by atoms with Crippen molar-refractivity contribution in [3.63, 3.8) is 0 Å². The molecule has 1 amide bonds. The number of aromatic nitrogens is 1. The second kappa shape index (κ2) is 7.05. The Hall–Kier alpha value is -1.33. The van der Waals surface area contributed by atoms with Gasteiger partial charge in [-0.2, -0.15) is 0 Å². The Morgan fingerprint density at radius 1 is 1.00 bits per heavy atom. The quantitative estimate of drug-likeness (QED) is 0.846. The molecule has 0 aromatic carbocycles. The predicted octanol–water partition coefficient (Wildman–Crippen LogP) is 2.02. The lowest BCUT2D eigenvalue weighted by Gasteiger charge is -2.35. The van der Waals surface area contributed by atoms with Gasteiger partial charge >= 0.3 is 0 Å². The Balaban J connectivity index is 0.00000156. The van der Waals surface area contributed by atoms with E-state index in [4.69, 9.17) is 0 Å². The first-order chi connectivity index (χ1) is 10.8. The Morgan fingerprint density at radius 2 is 1.70 bits per heavy atom. The number of pyridine rings is 1. The fourth-order valence-electron chi connectivity index (χ4n) is 3.56. The number of likely N-dealkylation sites (tertiary alicyclic amines) is 1. The molecule has 2 saturated heterocycles. The molecular weight excluding hydrogens is 312 g/mol. The van der Waals surface area contributed by atoms with Crippen LogP contribution < -0.4 is 4.90 Å². The number of hydrogen-bond donors (Lipinski definition) is 0. The summed E-state index contributed by atoms with van der Waals surface area (Å²) in [5.74, 6) is 1.14. The van der Waals surface area contributed by atoms with Crippen LogP contribution in [0.1, 0.15) is 36.0 Å². The van der Waals surface area contributed by atoms with Gasteiger partial charge in [-0.25, -0.2) is 4.98 Å². The van der Waals surface area contributed by atoms with Crippen molar-refractivity contribution in [1.82, 2.24) is 14.8 Å². The number of carbonyl (C=O) groups is 1. The van der Waals surface area contributed by atoms with Crippen LogP contribution in [0.4, 0.5) is 5.82 Å². The first-order valence-corrected chi connectivity index (χ1v) is 8.55. The van der Waals surface area contributed by atoms with Crippen molar-refractivity contribution >= 4 is 24.1 Å². The molecule has 6 heteroatoms. The van der Waals surface area contributed by atoms with Crippen LogP contribution in [-0.4, -0.2) is 66.0 Å². The average Bonchev–Trinajstić information content (AvgIpc) is 3.29. The number of rotatable bonds is 3. The first kappa shape index (κ1) is 16.5. The fourth-order valence-corrected chi connectivity index (χ4v) is 3.56. The van der Waals surface area contributed by atoms with Gasteiger partial charge in [0.25, 0.3) is 5.91 Å². The van der Waals surface area contributed by atoms with Gasteiger partial charge < -0.3 is 9.80 Å². The molecule has 5 nitrogen and oxygen atoms in total. The van der Waals surface area contributed by atoms with Gasteiger partial charge in [-0.15, -0.1) is 12.4 Å². The van der Waals surface area contributed by atoms with Crippen molar-refractivity contribution in [3.8, 4) is 0 Å². The van der Waals surface area contributed by atoms with Crippen LogP contribution in [-0.2, 0) is 0 Å². The minimum Gasteiger partial charge on any atom is -0.354 e. The fraction of sp³-hybridized carbons (Fsp3) is 0.647. The highest BCUT2D eigenvalue weighted by atomic mass is 35.5. The van der Waals surface area contributed by atoms with Gasteiger partial charge in [-0.1, -0.05) is 0 Å². The monoisotopic (exact) mass is 336 g/mol. The van der Waals surface area contributed by atoms with Gasteiger partial charge in [0.2, 0.25) is 0 Å². The smallest absolute Gasteiger partial charge is 0.255 e. The van der Waals surface area contributed by atoms with Gasteiger partial charge in [-0.3, -0.25) is 9.69 Å². The number of amides is 1. The molecule has 126 valence electrons. The normalized spacial score (nSPS) is 22.1. The molecule has 0 N–H and O–H groups in total. The van der Waals surface area contributed by atoms with Crippen molar-refractivity contribution in [3.05, 3.63) is 23.9 Å². The molecule has 1 saturated carbocycles. The number of halogens is 1. The topological polar surface area (TPSA) is 39.7 Å². The summed E-state index contributed by atoms with van der Waals surface area (Å²) in [5, 5.41) is 0. The second-order valence-electron chi connectivity index (χ2n) is 6.66. The van der Waals surface area contributed by atoms with Crippen molar-refractivity contribution in [2.45, 2.75) is 31.7 Å². The first-order valence-electron chi connectivity index (χ1n) is 8.55. The number of anilines is 1. The van der Waals surface area contributed by atoms with Crippen LogP contribution >= 0.6 is 12.4 Å². The van der Waals surface area contributed by atoms with Gasteiger partial charge in [-0.05, 0) is 37.8 Å². The summed E-state index contributed by atoms with van der Waals surface area (Å²) in [7, 11) is 0. The molecule has 3 fully saturated rings. The summed E-state index contributed by atoms with van der Waals surface area (Å²) in [6, 6.07) is 4.81. The lowest BCUT2D eigenvalue weighted by molar-refractivity contribution is 0.0792. The summed E-state index contributed by atoms with van der Waals surface area (Å²) in [4.78, 5) is 23.7. The summed E-state index contributed by atoms with van der Waals surface area (Å²) in [5.41, 5.74) is 0.724. The molecule has 23 heavy (non-hydrogen) atoms. The maximum absolute atomic E-state index is 12.3. The van der Waals surface area contributed by atoms with E-state index in [1.54, 1.807) is 6.20 Å². The molecule has 1 aromatic rings. The molecule has 4 rings (SSSR count). The summed E-state index contributed by atoms with van der Waals surface area (Å²) in [6.07, 6.45) is 6.77. The maximum Gasteiger partial charge on any atom is 0.255 e. The van der Waals surface area contributed by atoms with Crippen molar-refractivity contribution in [2.75, 3.05) is 44.2 Å². The van der Waals surface area contributed by atoms with Crippen molar-refractivity contribution in [1.29, 1.82) is 0 Å². The highest BCUT2D eigenvalue weighted by molar-refractivity contribution is 5.94. The Morgan fingerprint density at radius 3 is 2.26 bits per heavy atom. The van der Waals surface area contributed by atoms with Crippen LogP contribution in [0.25, 0.3) is 0 Å². The van der Waals surface area contributed by atoms with E-state index in [0.29, 0.717) is 0 Å². The van der Waals surface area contributed by atoms with E-state index in [0.717, 1.165) is 69.5 Å². The minimum atomic E-state index is 0. The van der Waals surface area contributed by atoms with E-state index in [-0.39, 0.29) is 18.3 Å². The van der Waals surface area contributed by atoms with E-state index in [1.165, 1.54) is 12.8 Å². The standard InChI is InChI=1S/C17H24N4O.ClH/c22-17(21-7-1-2-8-21)14-3-6-16(18-13-14)20-11-9-19(10-12-20)15-4-5-15;/h3,6,13,15H,1-2,4-5,7-12H2;1H. The largest absolute Gasteiger partial charge is 0.354 e. The van der Waals surface area contributed by atoms with E-state index in [1.807, 2.05) is 17.0 Å². The molecule has 0 atom stereocenters. The summed E-state index contributed by atoms with van der Waals surface area (Å²) in [6.45, 7) is 6.15. The van der Waals surface area contributed by atoms with Crippen molar-refractivity contribution < 1.29 is 4.79 Å². The Labute approximate surface area is 144 Å². The third-order valence-electron chi connectivity index (χ3n) is 5.09. The third-order valence-corrected chi connectivity index (χ3v) is 5.09. The molecular formula is C17H25ClN4O. The van der Waals surface area contributed by atoms with Gasteiger partial charge in [0, 0.05) is 51.5 Å². The lowest BCUT2D eigenvalue weighted by Crippen LogP contribution is -2.47. The molecule has 0 unspecified atom stereocenters. The molecule has 0 spiro atoms. The van der Waals surface area contributed by atoms with Gasteiger partial charge in [0.1, 0.15) is 5.82 Å². The highest BCUT2D eigenvalue weighted by Gasteiger charge is 2.31. The maximum atomic E-state index is 12.3.